The Labute approximate surface area is 150 Å². The zero-order valence-electron chi connectivity index (χ0n) is 12.1. The van der Waals surface area contributed by atoms with Crippen LogP contribution in [0.15, 0.2) is 45.9 Å². The molecular weight excluding hydrogens is 362 g/mol. The van der Waals surface area contributed by atoms with Crippen molar-refractivity contribution >= 4 is 45.9 Å². The summed E-state index contributed by atoms with van der Waals surface area (Å²) in [6.07, 6.45) is 1.75. The molecule has 0 radical (unpaired) electrons. The molecule has 0 saturated heterocycles. The summed E-state index contributed by atoms with van der Waals surface area (Å²) in [7, 11) is 0. The second-order valence-corrected chi connectivity index (χ2v) is 6.94. The Bertz CT molecular complexity index is 1140. The fraction of sp³-hybridized carbons (Fsp3) is 0. The van der Waals surface area contributed by atoms with Crippen LogP contribution >= 0.6 is 34.3 Å². The second-order valence-electron chi connectivity index (χ2n) is 4.69. The van der Waals surface area contributed by atoms with E-state index in [4.69, 9.17) is 11.6 Å². The number of rotatable bonds is 2. The topological polar surface area (TPSA) is 69.6 Å². The van der Waals surface area contributed by atoms with E-state index in [2.05, 4.69) is 0 Å². The summed E-state index contributed by atoms with van der Waals surface area (Å²) in [6.45, 7) is 0. The van der Waals surface area contributed by atoms with E-state index >= 15 is 0 Å². The molecule has 0 bridgehead atoms. The summed E-state index contributed by atoms with van der Waals surface area (Å²) < 4.78 is 2.11. The minimum atomic E-state index is -0.286. The summed E-state index contributed by atoms with van der Waals surface area (Å²) >= 11 is 8.66. The Kier molecular flexibility index (Phi) is 4.64. The number of nitrogens with zero attached hydrogens (tertiary/aromatic N) is 3. The maximum absolute atomic E-state index is 12.8. The summed E-state index contributed by atoms with van der Waals surface area (Å²) in [5.41, 5.74) is 1.03. The fourth-order valence-electron chi connectivity index (χ4n) is 2.13. The lowest BCUT2D eigenvalue weighted by molar-refractivity contribution is 0.988. The molecule has 0 atom stereocenters. The maximum atomic E-state index is 12.8. The number of thiazole rings is 1. The summed E-state index contributed by atoms with van der Waals surface area (Å²) in [6, 6.07) is 12.3. The molecule has 0 amide bonds. The highest BCUT2D eigenvalue weighted by Gasteiger charge is 2.11. The SMILES string of the molecule is N#CC(C#N)=c1s/c(=C/c2ccsc2)c(=O)n1-c1cccc(Cl)c1. The smallest absolute Gasteiger partial charge is 0.267 e. The van der Waals surface area contributed by atoms with Crippen LogP contribution in [-0.2, 0) is 0 Å². The molecule has 0 aliphatic carbocycles. The van der Waals surface area contributed by atoms with E-state index in [1.165, 1.54) is 15.9 Å². The van der Waals surface area contributed by atoms with Crippen LogP contribution in [0.1, 0.15) is 5.56 Å². The Morgan fingerprint density at radius 1 is 1.25 bits per heavy atom. The maximum Gasteiger partial charge on any atom is 0.273 e. The van der Waals surface area contributed by atoms with E-state index in [-0.39, 0.29) is 11.1 Å². The number of aromatic nitrogens is 1. The van der Waals surface area contributed by atoms with Gasteiger partial charge < -0.3 is 0 Å². The monoisotopic (exact) mass is 369 g/mol. The molecule has 0 fully saturated rings. The number of hydrogen-bond acceptors (Lipinski definition) is 5. The zero-order valence-corrected chi connectivity index (χ0v) is 14.5. The van der Waals surface area contributed by atoms with E-state index in [1.807, 2.05) is 29.0 Å². The van der Waals surface area contributed by atoms with Gasteiger partial charge >= 0.3 is 0 Å². The van der Waals surface area contributed by atoms with Crippen molar-refractivity contribution in [2.75, 3.05) is 0 Å². The van der Waals surface area contributed by atoms with Gasteiger partial charge in [0, 0.05) is 5.02 Å². The average Bonchev–Trinajstić information content (AvgIpc) is 3.18. The van der Waals surface area contributed by atoms with Crippen molar-refractivity contribution in [2.45, 2.75) is 0 Å². The normalized spacial score (nSPS) is 11.0. The number of thiophene rings is 1. The largest absolute Gasteiger partial charge is 0.273 e. The summed E-state index contributed by atoms with van der Waals surface area (Å²) in [5.74, 6) is 0. The molecule has 2 heterocycles. The molecule has 0 unspecified atom stereocenters. The first-order valence-corrected chi connectivity index (χ1v) is 8.84. The Hall–Kier alpha value is -2.64. The predicted molar refractivity (Wildman–Crippen MR) is 96.7 cm³/mol. The number of halogens is 1. The van der Waals surface area contributed by atoms with Crippen LogP contribution in [-0.4, -0.2) is 4.57 Å². The van der Waals surface area contributed by atoms with Crippen LogP contribution in [0.5, 0.6) is 0 Å². The summed E-state index contributed by atoms with van der Waals surface area (Å²) in [5, 5.41) is 22.7. The minimum Gasteiger partial charge on any atom is -0.267 e. The Morgan fingerprint density at radius 3 is 2.67 bits per heavy atom. The highest BCUT2D eigenvalue weighted by molar-refractivity contribution is 7.08. The highest BCUT2D eigenvalue weighted by atomic mass is 35.5. The molecule has 0 aliphatic heterocycles. The van der Waals surface area contributed by atoms with Gasteiger partial charge in [-0.05, 0) is 46.7 Å². The van der Waals surface area contributed by atoms with Crippen molar-refractivity contribution in [2.24, 2.45) is 0 Å². The van der Waals surface area contributed by atoms with Gasteiger partial charge in [0.15, 0.2) is 5.57 Å². The third kappa shape index (κ3) is 3.04. The van der Waals surface area contributed by atoms with Crippen LogP contribution < -0.4 is 14.8 Å². The van der Waals surface area contributed by atoms with E-state index in [0.29, 0.717) is 19.9 Å². The Balaban J connectivity index is 2.43. The van der Waals surface area contributed by atoms with E-state index < -0.39 is 0 Å². The molecule has 0 spiro atoms. The fourth-order valence-corrected chi connectivity index (χ4v) is 3.99. The van der Waals surface area contributed by atoms with Gasteiger partial charge in [0.1, 0.15) is 16.8 Å². The first kappa shape index (κ1) is 16.2. The van der Waals surface area contributed by atoms with Crippen molar-refractivity contribution in [1.82, 2.24) is 4.57 Å². The molecule has 7 heteroatoms. The molecule has 4 nitrogen and oxygen atoms in total. The van der Waals surface area contributed by atoms with E-state index in [9.17, 15) is 15.3 Å². The van der Waals surface area contributed by atoms with Crippen LogP contribution in [0.4, 0.5) is 0 Å². The van der Waals surface area contributed by atoms with Gasteiger partial charge in [0.2, 0.25) is 0 Å². The van der Waals surface area contributed by atoms with Crippen LogP contribution in [0, 0.1) is 22.7 Å². The second kappa shape index (κ2) is 6.86. The van der Waals surface area contributed by atoms with Crippen LogP contribution in [0.3, 0.4) is 0 Å². The lowest BCUT2D eigenvalue weighted by Gasteiger charge is -2.02. The number of hydrogen-bond donors (Lipinski definition) is 0. The number of nitriles is 2. The third-order valence-corrected chi connectivity index (χ3v) is 5.20. The molecule has 1 aromatic carbocycles. The molecule has 3 rings (SSSR count). The average molecular weight is 370 g/mol. The molecule has 0 aliphatic rings. The quantitative estimate of drug-likeness (QED) is 0.697. The van der Waals surface area contributed by atoms with E-state index in [0.717, 1.165) is 16.9 Å². The van der Waals surface area contributed by atoms with Gasteiger partial charge in [-0.1, -0.05) is 17.7 Å². The molecule has 116 valence electrons. The third-order valence-electron chi connectivity index (χ3n) is 3.17. The lowest BCUT2D eigenvalue weighted by atomic mass is 10.3. The Morgan fingerprint density at radius 2 is 2.04 bits per heavy atom. The number of benzene rings is 1. The molecule has 0 saturated carbocycles. The highest BCUT2D eigenvalue weighted by Crippen LogP contribution is 2.12. The molecular formula is C17H8ClN3OS2. The van der Waals surface area contributed by atoms with Crippen molar-refractivity contribution < 1.29 is 0 Å². The first-order chi connectivity index (χ1) is 11.6. The summed E-state index contributed by atoms with van der Waals surface area (Å²) in [4.78, 5) is 12.8. The van der Waals surface area contributed by atoms with E-state index in [1.54, 1.807) is 30.3 Å². The van der Waals surface area contributed by atoms with Gasteiger partial charge in [-0.25, -0.2) is 0 Å². The van der Waals surface area contributed by atoms with Crippen molar-refractivity contribution in [1.29, 1.82) is 10.5 Å². The molecule has 2 aromatic heterocycles. The van der Waals surface area contributed by atoms with Crippen molar-refractivity contribution in [3.05, 3.63) is 71.2 Å². The minimum absolute atomic E-state index is 0.109. The lowest BCUT2D eigenvalue weighted by Crippen LogP contribution is -2.30. The van der Waals surface area contributed by atoms with Crippen molar-refractivity contribution in [3.8, 4) is 17.8 Å². The molecule has 3 aromatic rings. The van der Waals surface area contributed by atoms with Gasteiger partial charge in [-0.3, -0.25) is 9.36 Å². The molecule has 0 N–H and O–H groups in total. The van der Waals surface area contributed by atoms with Crippen LogP contribution in [0.2, 0.25) is 5.02 Å². The van der Waals surface area contributed by atoms with Crippen molar-refractivity contribution in [3.63, 3.8) is 0 Å². The first-order valence-electron chi connectivity index (χ1n) is 6.70. The van der Waals surface area contributed by atoms with Gasteiger partial charge in [0.25, 0.3) is 5.56 Å². The van der Waals surface area contributed by atoms with Gasteiger partial charge in [-0.15, -0.1) is 11.3 Å². The van der Waals surface area contributed by atoms with Crippen LogP contribution in [0.25, 0.3) is 17.3 Å². The van der Waals surface area contributed by atoms with Gasteiger partial charge in [-0.2, -0.15) is 21.9 Å². The standard InChI is InChI=1S/C17H8ClN3OS2/c18-13-2-1-3-14(7-13)21-16(22)15(6-11-4-5-23-10-11)24-17(21)12(8-19)9-20/h1-7,10H/b15-6+. The predicted octanol–water partition coefficient (Wildman–Crippen LogP) is 2.64. The zero-order chi connectivity index (χ0) is 17.1. The molecule has 24 heavy (non-hydrogen) atoms. The van der Waals surface area contributed by atoms with Gasteiger partial charge in [0.05, 0.1) is 10.2 Å².